The van der Waals surface area contributed by atoms with E-state index in [9.17, 15) is 4.79 Å². The lowest BCUT2D eigenvalue weighted by Crippen LogP contribution is -2.47. The van der Waals surface area contributed by atoms with Gasteiger partial charge in [-0.25, -0.2) is 0 Å². The Labute approximate surface area is 213 Å². The fourth-order valence-corrected chi connectivity index (χ4v) is 14.1. The molecule has 0 aliphatic carbocycles. The van der Waals surface area contributed by atoms with Crippen LogP contribution in [0, 0.1) is 11.8 Å². The first kappa shape index (κ1) is 26.9. The quantitative estimate of drug-likeness (QED) is 0.390. The van der Waals surface area contributed by atoms with Gasteiger partial charge in [-0.05, 0) is 78.1 Å². The summed E-state index contributed by atoms with van der Waals surface area (Å²) in [7, 11) is 1.73. The first-order chi connectivity index (χ1) is 15.7. The Morgan fingerprint density at radius 3 is 1.97 bits per heavy atom. The van der Waals surface area contributed by atoms with E-state index in [2.05, 4.69) is 85.4 Å². The summed E-state index contributed by atoms with van der Waals surface area (Å²) in [4.78, 5) is 12.8. The molecule has 2 N–H and O–H groups in total. The predicted octanol–water partition coefficient (Wildman–Crippen LogP) is 5.42. The number of carbonyl (C=O) groups is 1. The van der Waals surface area contributed by atoms with Crippen LogP contribution in [-0.2, 0) is 16.0 Å². The summed E-state index contributed by atoms with van der Waals surface area (Å²) < 4.78 is 0. The molecule has 1 aromatic carbocycles. The van der Waals surface area contributed by atoms with Gasteiger partial charge in [-0.2, -0.15) is 0 Å². The molecule has 0 aromatic heterocycles. The molecular formula is C28H48N2OP2Si. The Morgan fingerprint density at radius 1 is 1.00 bits per heavy atom. The summed E-state index contributed by atoms with van der Waals surface area (Å²) in [6.07, 6.45) is 3.94. The van der Waals surface area contributed by atoms with Gasteiger partial charge >= 0.3 is 0 Å². The summed E-state index contributed by atoms with van der Waals surface area (Å²) >= 11 is 0. The van der Waals surface area contributed by atoms with E-state index >= 15 is 0 Å². The maximum atomic E-state index is 12.8. The van der Waals surface area contributed by atoms with Crippen LogP contribution in [0.15, 0.2) is 18.2 Å². The topological polar surface area (TPSA) is 41.1 Å². The molecule has 190 valence electrons. The number of hydrogen-bond acceptors (Lipinski definition) is 3. The summed E-state index contributed by atoms with van der Waals surface area (Å²) in [6.45, 7) is 21.4. The van der Waals surface area contributed by atoms with Gasteiger partial charge in [-0.15, -0.1) is 9.24 Å². The predicted molar refractivity (Wildman–Crippen MR) is 156 cm³/mol. The summed E-state index contributed by atoms with van der Waals surface area (Å²) in [5.41, 5.74) is 3.14. The maximum absolute atomic E-state index is 12.8. The van der Waals surface area contributed by atoms with Crippen molar-refractivity contribution in [2.24, 2.45) is 11.8 Å². The highest BCUT2D eigenvalue weighted by atomic mass is 31.1. The second-order valence-corrected chi connectivity index (χ2v) is 23.8. The van der Waals surface area contributed by atoms with Gasteiger partial charge in [-0.3, -0.25) is 4.79 Å². The van der Waals surface area contributed by atoms with Crippen LogP contribution in [0.2, 0.25) is 19.6 Å². The molecule has 3 heterocycles. The first-order valence-electron chi connectivity index (χ1n) is 13.4. The Morgan fingerprint density at radius 2 is 1.53 bits per heavy atom. The van der Waals surface area contributed by atoms with E-state index in [0.717, 1.165) is 39.0 Å². The molecular weight excluding hydrogens is 470 g/mol. The number of rotatable bonds is 6. The largest absolute Gasteiger partial charge is 0.316 e. The van der Waals surface area contributed by atoms with E-state index in [1.807, 2.05) is 0 Å². The van der Waals surface area contributed by atoms with Crippen molar-refractivity contribution in [2.45, 2.75) is 94.5 Å². The van der Waals surface area contributed by atoms with Crippen molar-refractivity contribution in [3.05, 3.63) is 29.3 Å². The van der Waals surface area contributed by atoms with Crippen LogP contribution in [-0.4, -0.2) is 50.3 Å². The minimum Gasteiger partial charge on any atom is -0.316 e. The Bertz CT molecular complexity index is 875. The van der Waals surface area contributed by atoms with Gasteiger partial charge in [0.15, 0.2) is 0 Å². The fraction of sp³-hybridized carbons (Fsp3) is 0.750. The molecule has 34 heavy (non-hydrogen) atoms. The highest BCUT2D eigenvalue weighted by molar-refractivity contribution is 7.69. The van der Waals surface area contributed by atoms with Crippen LogP contribution in [0.25, 0.3) is 0 Å². The lowest BCUT2D eigenvalue weighted by atomic mass is 9.74. The highest BCUT2D eigenvalue weighted by Crippen LogP contribution is 2.66. The summed E-state index contributed by atoms with van der Waals surface area (Å²) in [6, 6.07) is 8.85. The number of hydrogen-bond donors (Lipinski definition) is 2. The van der Waals surface area contributed by atoms with Crippen LogP contribution in [0.4, 0.5) is 0 Å². The highest BCUT2D eigenvalue weighted by Gasteiger charge is 2.52. The summed E-state index contributed by atoms with van der Waals surface area (Å²) in [5.74, 6) is 1.72. The minimum atomic E-state index is -1.24. The fourth-order valence-electron chi connectivity index (χ4n) is 7.40. The third-order valence-electron chi connectivity index (χ3n) is 8.44. The van der Waals surface area contributed by atoms with Gasteiger partial charge in [-0.1, -0.05) is 79.0 Å². The van der Waals surface area contributed by atoms with Crippen molar-refractivity contribution in [3.8, 4) is 0 Å². The van der Waals surface area contributed by atoms with E-state index in [0.29, 0.717) is 17.6 Å². The molecule has 3 aliphatic rings. The third-order valence-corrected chi connectivity index (χ3v) is 14.8. The van der Waals surface area contributed by atoms with Crippen molar-refractivity contribution < 1.29 is 4.79 Å². The van der Waals surface area contributed by atoms with Crippen LogP contribution >= 0.6 is 17.2 Å². The van der Waals surface area contributed by atoms with Crippen molar-refractivity contribution in [1.82, 2.24) is 10.6 Å². The standard InChI is InChI=1S/C28H48N2OP2Si/c1-26(2)15-23(31)16-27(3,4)33(26)25-9-8-20(19-34(5,6)7)14-24(25)28(32,21-10-12-29-17-21)22-11-13-30-18-22/h8-9,14,21-22,29-30H,10-13,15-19,32H2,1-7H3. The molecule has 4 rings (SSSR count). The van der Waals surface area contributed by atoms with Crippen LogP contribution < -0.4 is 15.9 Å². The van der Waals surface area contributed by atoms with E-state index in [-0.39, 0.29) is 15.5 Å². The zero-order valence-corrected chi connectivity index (χ0v) is 25.7. The van der Waals surface area contributed by atoms with Gasteiger partial charge in [0, 0.05) is 26.1 Å². The lowest BCUT2D eigenvalue weighted by molar-refractivity contribution is -0.120. The van der Waals surface area contributed by atoms with Crippen molar-refractivity contribution >= 4 is 36.3 Å². The second kappa shape index (κ2) is 9.64. The normalized spacial score (nSPS) is 29.4. The number of ketones is 1. The molecule has 0 radical (unpaired) electrons. The van der Waals surface area contributed by atoms with Crippen molar-refractivity contribution in [1.29, 1.82) is 0 Å². The molecule has 3 aliphatic heterocycles. The zero-order chi connectivity index (χ0) is 24.9. The van der Waals surface area contributed by atoms with Crippen molar-refractivity contribution in [2.75, 3.05) is 26.2 Å². The minimum absolute atomic E-state index is 0.0244. The Kier molecular flexibility index (Phi) is 7.64. The monoisotopic (exact) mass is 518 g/mol. The molecule has 0 bridgehead atoms. The number of Topliss-reactive ketones (excluding diaryl/α,β-unsaturated/α-hetero) is 1. The Balaban J connectivity index is 1.93. The smallest absolute Gasteiger partial charge is 0.134 e. The van der Waals surface area contributed by atoms with Crippen molar-refractivity contribution in [3.63, 3.8) is 0 Å². The molecule has 3 saturated heterocycles. The third kappa shape index (κ3) is 5.28. The number of benzene rings is 1. The first-order valence-corrected chi connectivity index (χ1v) is 19.0. The molecule has 3 nitrogen and oxygen atoms in total. The van der Waals surface area contributed by atoms with E-state index < -0.39 is 16.0 Å². The SMILES string of the molecule is CC1(C)CC(=O)CC(C)(C)P1c1ccc(C[Si](C)(C)C)cc1C(P)(C1CCNC1)C1CCNC1. The number of carbonyl (C=O) groups excluding carboxylic acids is 1. The van der Waals surface area contributed by atoms with E-state index in [1.54, 1.807) is 10.9 Å². The lowest BCUT2D eigenvalue weighted by Gasteiger charge is -2.52. The van der Waals surface area contributed by atoms with Gasteiger partial charge in [0.05, 0.1) is 0 Å². The molecule has 3 fully saturated rings. The maximum Gasteiger partial charge on any atom is 0.134 e. The van der Waals surface area contributed by atoms with E-state index in [1.165, 1.54) is 24.4 Å². The van der Waals surface area contributed by atoms with Gasteiger partial charge in [0.1, 0.15) is 5.78 Å². The van der Waals surface area contributed by atoms with Crippen LogP contribution in [0.5, 0.6) is 0 Å². The molecule has 0 saturated carbocycles. The van der Waals surface area contributed by atoms with Crippen LogP contribution in [0.1, 0.15) is 64.5 Å². The summed E-state index contributed by atoms with van der Waals surface area (Å²) in [5, 5.41) is 9.10. The Hall–Kier alpha value is -0.113. The van der Waals surface area contributed by atoms with Crippen LogP contribution in [0.3, 0.4) is 0 Å². The van der Waals surface area contributed by atoms with E-state index in [4.69, 9.17) is 0 Å². The molecule has 6 heteroatoms. The number of nitrogens with one attached hydrogen (secondary N) is 2. The van der Waals surface area contributed by atoms with Gasteiger partial charge in [0.25, 0.3) is 0 Å². The molecule has 0 spiro atoms. The zero-order valence-electron chi connectivity index (χ0n) is 22.7. The molecule has 0 amide bonds. The molecule has 3 atom stereocenters. The second-order valence-electron chi connectivity index (χ2n) is 13.8. The average molecular weight is 519 g/mol. The molecule has 3 unspecified atom stereocenters. The van der Waals surface area contributed by atoms with Gasteiger partial charge in [0.2, 0.25) is 0 Å². The average Bonchev–Trinajstić information content (AvgIpc) is 3.39. The van der Waals surface area contributed by atoms with Gasteiger partial charge < -0.3 is 10.6 Å². The molecule has 1 aromatic rings.